The van der Waals surface area contributed by atoms with Gasteiger partial charge in [0.15, 0.2) is 0 Å². The molecule has 1 atom stereocenters. The molecule has 24 heavy (non-hydrogen) atoms. The SMILES string of the molecule is CCN(CC(=O)Nc1c(Cl)c(Cl)cc(Cl)c1Cl)CC(C)C(=O)OC. The first-order valence-corrected chi connectivity index (χ1v) is 8.65. The fourth-order valence-electron chi connectivity index (χ4n) is 2.03. The number of carbonyl (C=O) groups is 2. The van der Waals surface area contributed by atoms with Gasteiger partial charge in [-0.3, -0.25) is 14.5 Å². The number of amides is 1. The molecule has 1 aromatic carbocycles. The van der Waals surface area contributed by atoms with Crippen LogP contribution >= 0.6 is 46.4 Å². The number of esters is 1. The van der Waals surface area contributed by atoms with E-state index < -0.39 is 0 Å². The van der Waals surface area contributed by atoms with Crippen LogP contribution in [0.4, 0.5) is 5.69 Å². The zero-order chi connectivity index (χ0) is 18.4. The largest absolute Gasteiger partial charge is 0.469 e. The molecule has 1 amide bonds. The first-order valence-electron chi connectivity index (χ1n) is 7.14. The van der Waals surface area contributed by atoms with Gasteiger partial charge in [-0.25, -0.2) is 0 Å². The van der Waals surface area contributed by atoms with Gasteiger partial charge in [-0.1, -0.05) is 60.3 Å². The number of benzene rings is 1. The van der Waals surface area contributed by atoms with Crippen LogP contribution in [0.25, 0.3) is 0 Å². The van der Waals surface area contributed by atoms with Crippen molar-refractivity contribution in [2.75, 3.05) is 32.1 Å². The molecule has 1 aromatic rings. The van der Waals surface area contributed by atoms with Gasteiger partial charge in [0.25, 0.3) is 0 Å². The second-order valence-electron chi connectivity index (χ2n) is 5.14. The zero-order valence-electron chi connectivity index (χ0n) is 13.5. The van der Waals surface area contributed by atoms with Gasteiger partial charge in [0.1, 0.15) is 0 Å². The summed E-state index contributed by atoms with van der Waals surface area (Å²) in [4.78, 5) is 25.5. The van der Waals surface area contributed by atoms with Gasteiger partial charge in [0.05, 0.1) is 45.4 Å². The third-order valence-electron chi connectivity index (χ3n) is 3.33. The van der Waals surface area contributed by atoms with Crippen LogP contribution in [0.1, 0.15) is 13.8 Å². The van der Waals surface area contributed by atoms with Gasteiger partial charge in [-0.05, 0) is 12.6 Å². The Morgan fingerprint density at radius 1 is 1.21 bits per heavy atom. The van der Waals surface area contributed by atoms with E-state index in [0.29, 0.717) is 13.1 Å². The van der Waals surface area contributed by atoms with E-state index in [0.717, 1.165) is 0 Å². The van der Waals surface area contributed by atoms with Crippen LogP contribution in [0.5, 0.6) is 0 Å². The van der Waals surface area contributed by atoms with Crippen molar-refractivity contribution >= 4 is 64.0 Å². The molecule has 0 saturated heterocycles. The monoisotopic (exact) mass is 414 g/mol. The highest BCUT2D eigenvalue weighted by molar-refractivity contribution is 6.50. The Morgan fingerprint density at radius 3 is 2.21 bits per heavy atom. The molecule has 0 aromatic heterocycles. The van der Waals surface area contributed by atoms with Crippen molar-refractivity contribution in [2.24, 2.45) is 5.92 Å². The summed E-state index contributed by atoms with van der Waals surface area (Å²) in [5.41, 5.74) is 0.165. The summed E-state index contributed by atoms with van der Waals surface area (Å²) in [5, 5.41) is 3.22. The van der Waals surface area contributed by atoms with Crippen LogP contribution in [-0.2, 0) is 14.3 Å². The summed E-state index contributed by atoms with van der Waals surface area (Å²) in [7, 11) is 1.33. The molecule has 0 saturated carbocycles. The minimum absolute atomic E-state index is 0.0502. The van der Waals surface area contributed by atoms with E-state index in [1.165, 1.54) is 13.2 Å². The van der Waals surface area contributed by atoms with Crippen LogP contribution in [-0.4, -0.2) is 43.5 Å². The standard InChI is InChI=1S/C15H18Cl4N2O3/c1-4-21(6-8(2)15(23)24-3)7-11(22)20-14-12(18)9(16)5-10(17)13(14)19/h5,8H,4,6-7H2,1-3H3,(H,20,22). The maximum atomic E-state index is 12.3. The lowest BCUT2D eigenvalue weighted by molar-refractivity contribution is -0.145. The quantitative estimate of drug-likeness (QED) is 0.530. The Hall–Kier alpha value is -0.720. The second kappa shape index (κ2) is 9.68. The predicted octanol–water partition coefficient (Wildman–Crippen LogP) is 4.37. The topological polar surface area (TPSA) is 58.6 Å². The maximum Gasteiger partial charge on any atom is 0.309 e. The van der Waals surface area contributed by atoms with E-state index in [-0.39, 0.29) is 50.1 Å². The van der Waals surface area contributed by atoms with Crippen LogP contribution in [0.15, 0.2) is 6.07 Å². The fraction of sp³-hybridized carbons (Fsp3) is 0.467. The zero-order valence-corrected chi connectivity index (χ0v) is 16.5. The first kappa shape index (κ1) is 21.3. The van der Waals surface area contributed by atoms with Crippen molar-refractivity contribution in [3.63, 3.8) is 0 Å². The minimum atomic E-state index is -0.351. The van der Waals surface area contributed by atoms with Gasteiger partial charge in [-0.2, -0.15) is 0 Å². The van der Waals surface area contributed by atoms with Gasteiger partial charge >= 0.3 is 5.97 Å². The summed E-state index contributed by atoms with van der Waals surface area (Å²) < 4.78 is 4.69. The molecule has 0 aliphatic rings. The number of anilines is 1. The number of hydrogen-bond donors (Lipinski definition) is 1. The maximum absolute atomic E-state index is 12.3. The molecule has 9 heteroatoms. The predicted molar refractivity (Wildman–Crippen MR) is 98.4 cm³/mol. The Kier molecular flexibility index (Phi) is 8.60. The number of ether oxygens (including phenoxy) is 1. The van der Waals surface area contributed by atoms with Crippen molar-refractivity contribution in [2.45, 2.75) is 13.8 Å². The van der Waals surface area contributed by atoms with Crippen molar-refractivity contribution in [1.29, 1.82) is 0 Å². The number of likely N-dealkylation sites (N-methyl/N-ethyl adjacent to an activating group) is 1. The smallest absolute Gasteiger partial charge is 0.309 e. The molecule has 0 radical (unpaired) electrons. The second-order valence-corrected chi connectivity index (χ2v) is 6.71. The average molecular weight is 416 g/mol. The molecule has 1 unspecified atom stereocenters. The van der Waals surface area contributed by atoms with Crippen LogP contribution in [0, 0.1) is 5.92 Å². The van der Waals surface area contributed by atoms with E-state index in [1.807, 2.05) is 6.92 Å². The molecule has 1 N–H and O–H groups in total. The third-order valence-corrected chi connectivity index (χ3v) is 4.90. The van der Waals surface area contributed by atoms with Crippen molar-refractivity contribution in [1.82, 2.24) is 4.90 Å². The number of methoxy groups -OCH3 is 1. The molecule has 0 aliphatic carbocycles. The molecule has 5 nitrogen and oxygen atoms in total. The highest BCUT2D eigenvalue weighted by Crippen LogP contribution is 2.40. The number of nitrogens with one attached hydrogen (secondary N) is 1. The molecule has 1 rings (SSSR count). The first-order chi connectivity index (χ1) is 11.2. The Bertz CT molecular complexity index is 599. The van der Waals surface area contributed by atoms with Gasteiger partial charge in [-0.15, -0.1) is 0 Å². The molecule has 0 fully saturated rings. The Labute approximate surface area is 161 Å². The molecule has 0 bridgehead atoms. The summed E-state index contributed by atoms with van der Waals surface area (Å²) in [6.45, 7) is 4.62. The number of carbonyl (C=O) groups excluding carboxylic acids is 2. The van der Waals surface area contributed by atoms with Gasteiger partial charge < -0.3 is 10.1 Å². The van der Waals surface area contributed by atoms with E-state index in [1.54, 1.807) is 11.8 Å². The van der Waals surface area contributed by atoms with E-state index in [4.69, 9.17) is 46.4 Å². The van der Waals surface area contributed by atoms with Gasteiger partial charge in [0.2, 0.25) is 5.91 Å². The van der Waals surface area contributed by atoms with Crippen LogP contribution in [0.2, 0.25) is 20.1 Å². The minimum Gasteiger partial charge on any atom is -0.469 e. The van der Waals surface area contributed by atoms with E-state index in [2.05, 4.69) is 10.1 Å². The molecule has 0 spiro atoms. The number of halogens is 4. The van der Waals surface area contributed by atoms with Gasteiger partial charge in [0, 0.05) is 6.54 Å². The van der Waals surface area contributed by atoms with Crippen LogP contribution in [0.3, 0.4) is 0 Å². The van der Waals surface area contributed by atoms with Crippen molar-refractivity contribution in [3.05, 3.63) is 26.2 Å². The van der Waals surface area contributed by atoms with E-state index in [9.17, 15) is 9.59 Å². The van der Waals surface area contributed by atoms with Crippen molar-refractivity contribution < 1.29 is 14.3 Å². The summed E-state index contributed by atoms with van der Waals surface area (Å²) in [6.07, 6.45) is 0. The normalized spacial score (nSPS) is 12.2. The summed E-state index contributed by atoms with van der Waals surface area (Å²) >= 11 is 24.0. The summed E-state index contributed by atoms with van der Waals surface area (Å²) in [6, 6.07) is 1.40. The third kappa shape index (κ3) is 5.67. The number of nitrogens with zero attached hydrogens (tertiary/aromatic N) is 1. The number of hydrogen-bond acceptors (Lipinski definition) is 4. The lowest BCUT2D eigenvalue weighted by Gasteiger charge is -2.23. The number of rotatable bonds is 7. The molecular formula is C15H18Cl4N2O3. The van der Waals surface area contributed by atoms with E-state index >= 15 is 0 Å². The average Bonchev–Trinajstić information content (AvgIpc) is 2.55. The fourth-order valence-corrected chi connectivity index (χ4v) is 2.94. The molecular weight excluding hydrogens is 398 g/mol. The molecule has 0 aliphatic heterocycles. The highest BCUT2D eigenvalue weighted by atomic mass is 35.5. The van der Waals surface area contributed by atoms with Crippen LogP contribution < -0.4 is 5.32 Å². The lowest BCUT2D eigenvalue weighted by Crippen LogP contribution is -2.38. The Morgan fingerprint density at radius 2 is 1.75 bits per heavy atom. The highest BCUT2D eigenvalue weighted by Gasteiger charge is 2.20. The lowest BCUT2D eigenvalue weighted by atomic mass is 10.1. The van der Waals surface area contributed by atoms with Crippen molar-refractivity contribution in [3.8, 4) is 0 Å². The molecule has 134 valence electrons. The summed E-state index contributed by atoms with van der Waals surface area (Å²) in [5.74, 6) is -1.03. The molecule has 0 heterocycles. The Balaban J connectivity index is 2.80.